The van der Waals surface area contributed by atoms with Gasteiger partial charge in [0.15, 0.2) is 0 Å². The summed E-state index contributed by atoms with van der Waals surface area (Å²) in [5, 5.41) is 17.7. The van der Waals surface area contributed by atoms with Crippen molar-refractivity contribution >= 4 is 53.9 Å². The van der Waals surface area contributed by atoms with Crippen LogP contribution in [-0.2, 0) is 0 Å². The largest absolute Gasteiger partial charge is 0.237 e. The van der Waals surface area contributed by atoms with Crippen molar-refractivity contribution in [2.75, 3.05) is 0 Å². The minimum absolute atomic E-state index is 1.03. The molecule has 0 aliphatic rings. The number of hydrogen-bond acceptors (Lipinski definition) is 1. The van der Waals surface area contributed by atoms with E-state index in [4.69, 9.17) is 5.10 Å². The first-order valence-corrected chi connectivity index (χ1v) is 15.6. The highest BCUT2D eigenvalue weighted by Gasteiger charge is 2.23. The first kappa shape index (κ1) is 25.7. The third kappa shape index (κ3) is 3.79. The summed E-state index contributed by atoms with van der Waals surface area (Å²) in [6.45, 7) is 4.36. The van der Waals surface area contributed by atoms with Crippen LogP contribution >= 0.6 is 0 Å². The van der Waals surface area contributed by atoms with Crippen molar-refractivity contribution in [3.63, 3.8) is 0 Å². The molecule has 2 heteroatoms. The minimum atomic E-state index is 1.03. The summed E-state index contributed by atoms with van der Waals surface area (Å²) in [6.07, 6.45) is 0. The Morgan fingerprint density at radius 1 is 0.400 bits per heavy atom. The van der Waals surface area contributed by atoms with Gasteiger partial charge < -0.3 is 0 Å². The van der Waals surface area contributed by atoms with Crippen LogP contribution in [0.15, 0.2) is 146 Å². The van der Waals surface area contributed by atoms with Crippen molar-refractivity contribution in [2.45, 2.75) is 13.8 Å². The van der Waals surface area contributed by atoms with Crippen LogP contribution in [0.5, 0.6) is 0 Å². The third-order valence-electron chi connectivity index (χ3n) is 9.50. The van der Waals surface area contributed by atoms with Crippen molar-refractivity contribution in [2.24, 2.45) is 0 Å². The number of hydrogen-bond donors (Lipinski definition) is 0. The van der Waals surface area contributed by atoms with Crippen molar-refractivity contribution < 1.29 is 0 Å². The second kappa shape index (κ2) is 9.90. The highest BCUT2D eigenvalue weighted by Crippen LogP contribution is 2.47. The maximum Gasteiger partial charge on any atom is 0.0727 e. The lowest BCUT2D eigenvalue weighted by atomic mass is 9.83. The van der Waals surface area contributed by atoms with Gasteiger partial charge in [-0.05, 0) is 85.6 Å². The molecule has 8 aromatic carbocycles. The second-order valence-electron chi connectivity index (χ2n) is 12.0. The summed E-state index contributed by atoms with van der Waals surface area (Å²) in [5.74, 6) is 0. The predicted molar refractivity (Wildman–Crippen MR) is 191 cm³/mol. The fourth-order valence-corrected chi connectivity index (χ4v) is 7.58. The number of aromatic nitrogens is 2. The van der Waals surface area contributed by atoms with E-state index in [1.54, 1.807) is 0 Å². The molecule has 0 saturated carbocycles. The summed E-state index contributed by atoms with van der Waals surface area (Å²) >= 11 is 0. The zero-order valence-electron chi connectivity index (χ0n) is 25.3. The average molecular weight is 575 g/mol. The molecule has 0 aliphatic heterocycles. The van der Waals surface area contributed by atoms with Gasteiger partial charge in [0.2, 0.25) is 0 Å². The van der Waals surface area contributed by atoms with Crippen molar-refractivity contribution in [1.29, 1.82) is 0 Å². The smallest absolute Gasteiger partial charge is 0.0727 e. The van der Waals surface area contributed by atoms with E-state index in [-0.39, 0.29) is 0 Å². The van der Waals surface area contributed by atoms with E-state index in [1.165, 1.54) is 76.1 Å². The maximum atomic E-state index is 5.19. The summed E-state index contributed by atoms with van der Waals surface area (Å²) in [5.41, 5.74) is 8.27. The van der Waals surface area contributed by atoms with Gasteiger partial charge in [-0.1, -0.05) is 133 Å². The van der Waals surface area contributed by atoms with Crippen LogP contribution in [0.1, 0.15) is 11.4 Å². The van der Waals surface area contributed by atoms with Crippen LogP contribution in [0, 0.1) is 13.8 Å². The van der Waals surface area contributed by atoms with Crippen molar-refractivity contribution in [3.8, 4) is 27.9 Å². The number of fused-ring (bicyclic) bond motifs is 6. The van der Waals surface area contributed by atoms with E-state index in [0.29, 0.717) is 0 Å². The molecular formula is C43H30N2. The molecule has 0 amide bonds. The Morgan fingerprint density at radius 2 is 0.889 bits per heavy atom. The monoisotopic (exact) mass is 574 g/mol. The van der Waals surface area contributed by atoms with Gasteiger partial charge in [0.05, 0.1) is 11.4 Å². The second-order valence-corrected chi connectivity index (χ2v) is 12.0. The molecule has 0 fully saturated rings. The van der Waals surface area contributed by atoms with Crippen molar-refractivity contribution in [3.05, 3.63) is 157 Å². The summed E-state index contributed by atoms with van der Waals surface area (Å²) in [4.78, 5) is 0. The minimum Gasteiger partial charge on any atom is -0.237 e. The van der Waals surface area contributed by atoms with Gasteiger partial charge >= 0.3 is 0 Å². The number of benzene rings is 8. The quantitative estimate of drug-likeness (QED) is 0.152. The van der Waals surface area contributed by atoms with Gasteiger partial charge in [-0.15, -0.1) is 0 Å². The lowest BCUT2D eigenvalue weighted by Crippen LogP contribution is -2.00. The van der Waals surface area contributed by atoms with Gasteiger partial charge in [-0.2, -0.15) is 5.10 Å². The summed E-state index contributed by atoms with van der Waals surface area (Å²) in [6, 6.07) is 52.9. The van der Waals surface area contributed by atoms with E-state index in [9.17, 15) is 0 Å². The fraction of sp³-hybridized carbons (Fsp3) is 0.0465. The molecule has 0 aliphatic carbocycles. The Kier molecular flexibility index (Phi) is 5.66. The zero-order chi connectivity index (χ0) is 30.1. The molecule has 0 saturated heterocycles. The van der Waals surface area contributed by atoms with Crippen LogP contribution in [0.3, 0.4) is 0 Å². The van der Waals surface area contributed by atoms with E-state index < -0.39 is 0 Å². The topological polar surface area (TPSA) is 17.8 Å². The Labute approximate surface area is 261 Å². The molecule has 0 N–H and O–H groups in total. The Balaban J connectivity index is 1.40. The SMILES string of the molecule is Cc1nn(-c2cccc3ccccc23)c(C)c1-c1c2ccccc2c(-c2cc3ccccc3c3ccccc23)c2ccccc12. The molecule has 45 heavy (non-hydrogen) atoms. The molecule has 1 aromatic heterocycles. The van der Waals surface area contributed by atoms with Gasteiger partial charge in [0.1, 0.15) is 0 Å². The lowest BCUT2D eigenvalue weighted by Gasteiger charge is -2.20. The Bertz CT molecular complexity index is 2560. The molecule has 2 nitrogen and oxygen atoms in total. The van der Waals surface area contributed by atoms with Crippen LogP contribution in [0.2, 0.25) is 0 Å². The van der Waals surface area contributed by atoms with Gasteiger partial charge in [0, 0.05) is 22.2 Å². The first-order valence-electron chi connectivity index (χ1n) is 15.6. The summed E-state index contributed by atoms with van der Waals surface area (Å²) in [7, 11) is 0. The predicted octanol–water partition coefficient (Wildman–Crippen LogP) is 11.6. The molecule has 0 spiro atoms. The maximum absolute atomic E-state index is 5.19. The molecule has 9 rings (SSSR count). The standard InChI is InChI=1S/C43H30N2/c1-27-41(28(2)45(44-27)40-25-13-16-29-14-3-6-18-32(29)40)43-37-23-11-9-21-35(37)42(36-22-10-12-24-38(36)43)39-26-30-15-4-5-17-31(30)33-19-7-8-20-34(33)39/h3-26H,1-2H3. The van der Waals surface area contributed by atoms with Crippen LogP contribution in [-0.4, -0.2) is 9.78 Å². The van der Waals surface area contributed by atoms with Gasteiger partial charge in [-0.25, -0.2) is 4.68 Å². The molecular weight excluding hydrogens is 544 g/mol. The van der Waals surface area contributed by atoms with Crippen LogP contribution < -0.4 is 0 Å². The normalized spacial score (nSPS) is 11.8. The molecule has 0 radical (unpaired) electrons. The molecule has 0 atom stereocenters. The zero-order valence-corrected chi connectivity index (χ0v) is 25.3. The molecule has 212 valence electrons. The van der Waals surface area contributed by atoms with E-state index in [1.807, 2.05) is 0 Å². The molecule has 0 bridgehead atoms. The average Bonchev–Trinajstić information content (AvgIpc) is 3.39. The fourth-order valence-electron chi connectivity index (χ4n) is 7.58. The van der Waals surface area contributed by atoms with Crippen LogP contribution in [0.4, 0.5) is 0 Å². The highest BCUT2D eigenvalue weighted by atomic mass is 15.3. The van der Waals surface area contributed by atoms with E-state index >= 15 is 0 Å². The lowest BCUT2D eigenvalue weighted by molar-refractivity contribution is 0.840. The van der Waals surface area contributed by atoms with Crippen LogP contribution in [0.25, 0.3) is 81.8 Å². The number of rotatable bonds is 3. The third-order valence-corrected chi connectivity index (χ3v) is 9.50. The first-order chi connectivity index (χ1) is 22.2. The van der Waals surface area contributed by atoms with E-state index in [2.05, 4.69) is 164 Å². The highest BCUT2D eigenvalue weighted by molar-refractivity contribution is 6.26. The van der Waals surface area contributed by atoms with E-state index in [0.717, 1.165) is 17.1 Å². The molecule has 0 unspecified atom stereocenters. The Morgan fingerprint density at radius 3 is 1.56 bits per heavy atom. The van der Waals surface area contributed by atoms with Crippen molar-refractivity contribution in [1.82, 2.24) is 9.78 Å². The number of aryl methyl sites for hydroxylation is 1. The number of nitrogens with zero attached hydrogens (tertiary/aromatic N) is 2. The van der Waals surface area contributed by atoms with Gasteiger partial charge in [0.25, 0.3) is 0 Å². The molecule has 9 aromatic rings. The van der Waals surface area contributed by atoms with Gasteiger partial charge in [-0.3, -0.25) is 0 Å². The summed E-state index contributed by atoms with van der Waals surface area (Å²) < 4.78 is 2.14. The Hall–Kier alpha value is -5.73. The molecule has 1 heterocycles.